The third-order valence-corrected chi connectivity index (χ3v) is 2.17. The first kappa shape index (κ1) is 8.74. The molecule has 0 saturated carbocycles. The van der Waals surface area contributed by atoms with Gasteiger partial charge in [-0.15, -0.1) is 0 Å². The van der Waals surface area contributed by atoms with Crippen molar-refractivity contribution in [2.75, 3.05) is 0 Å². The molecule has 0 amide bonds. The fourth-order valence-electron chi connectivity index (χ4n) is 1.50. The molecule has 0 saturated heterocycles. The number of aryl methyl sites for hydroxylation is 1. The van der Waals surface area contributed by atoms with Gasteiger partial charge in [-0.3, -0.25) is 14.7 Å². The summed E-state index contributed by atoms with van der Waals surface area (Å²) >= 11 is 0. The second kappa shape index (κ2) is 2.83. The fourth-order valence-corrected chi connectivity index (χ4v) is 1.50. The molecule has 0 spiro atoms. The van der Waals surface area contributed by atoms with E-state index in [0.717, 1.165) is 5.56 Å². The number of rotatable bonds is 0. The Balaban J connectivity index is 2.91. The molecule has 1 aromatic carbocycles. The van der Waals surface area contributed by atoms with Gasteiger partial charge in [-0.25, -0.2) is 4.68 Å². The van der Waals surface area contributed by atoms with E-state index in [4.69, 9.17) is 0 Å². The molecule has 1 aromatic heterocycles. The zero-order valence-corrected chi connectivity index (χ0v) is 8.00. The lowest BCUT2D eigenvalue weighted by Gasteiger charge is -1.97. The number of aromatic amines is 1. The Morgan fingerprint density at radius 2 is 2.14 bits per heavy atom. The van der Waals surface area contributed by atoms with Crippen LogP contribution in [-0.4, -0.2) is 15.7 Å². The van der Waals surface area contributed by atoms with E-state index < -0.39 is 0 Å². The van der Waals surface area contributed by atoms with Crippen molar-refractivity contribution in [3.05, 3.63) is 34.1 Å². The van der Waals surface area contributed by atoms with Gasteiger partial charge in [0.25, 0.3) is 5.56 Å². The van der Waals surface area contributed by atoms with Crippen LogP contribution in [0.1, 0.15) is 17.3 Å². The number of carbonyl (C=O) groups excluding carboxylic acids is 1. The van der Waals surface area contributed by atoms with Crippen molar-refractivity contribution in [3.63, 3.8) is 0 Å². The van der Waals surface area contributed by atoms with Gasteiger partial charge in [-0.2, -0.15) is 0 Å². The van der Waals surface area contributed by atoms with E-state index in [2.05, 4.69) is 5.10 Å². The minimum atomic E-state index is -0.223. The topological polar surface area (TPSA) is 54.9 Å². The summed E-state index contributed by atoms with van der Waals surface area (Å²) < 4.78 is 1.26. The van der Waals surface area contributed by atoms with Gasteiger partial charge in [0.15, 0.2) is 0 Å². The third-order valence-electron chi connectivity index (χ3n) is 2.17. The van der Waals surface area contributed by atoms with Crippen molar-refractivity contribution in [1.82, 2.24) is 9.78 Å². The van der Waals surface area contributed by atoms with Gasteiger partial charge in [0.05, 0.1) is 10.9 Å². The Labute approximate surface area is 80.1 Å². The molecule has 1 N–H and O–H groups in total. The molecule has 2 aromatic rings. The van der Waals surface area contributed by atoms with Gasteiger partial charge < -0.3 is 0 Å². The Morgan fingerprint density at radius 3 is 2.79 bits per heavy atom. The number of H-pyrrole nitrogens is 1. The van der Waals surface area contributed by atoms with E-state index in [9.17, 15) is 9.59 Å². The van der Waals surface area contributed by atoms with Crippen LogP contribution in [0.4, 0.5) is 0 Å². The first-order valence-corrected chi connectivity index (χ1v) is 4.32. The van der Waals surface area contributed by atoms with E-state index >= 15 is 0 Å². The van der Waals surface area contributed by atoms with E-state index in [1.54, 1.807) is 12.1 Å². The second-order valence-corrected chi connectivity index (χ2v) is 3.32. The smallest absolute Gasteiger partial charge is 0.272 e. The van der Waals surface area contributed by atoms with Crippen LogP contribution >= 0.6 is 0 Å². The summed E-state index contributed by atoms with van der Waals surface area (Å²) in [5.74, 6) is -0.194. The summed E-state index contributed by atoms with van der Waals surface area (Å²) in [6.07, 6.45) is 0. The number of aromatic nitrogens is 2. The average molecular weight is 190 g/mol. The maximum absolute atomic E-state index is 11.4. The minimum absolute atomic E-state index is 0.194. The molecule has 0 aliphatic heterocycles. The molecule has 0 bridgehead atoms. The largest absolute Gasteiger partial charge is 0.273 e. The van der Waals surface area contributed by atoms with E-state index in [-0.39, 0.29) is 11.5 Å². The highest BCUT2D eigenvalue weighted by molar-refractivity contribution is 5.89. The monoisotopic (exact) mass is 190 g/mol. The van der Waals surface area contributed by atoms with Crippen molar-refractivity contribution < 1.29 is 4.79 Å². The second-order valence-electron chi connectivity index (χ2n) is 3.32. The van der Waals surface area contributed by atoms with E-state index in [1.165, 1.54) is 11.6 Å². The highest BCUT2D eigenvalue weighted by Crippen LogP contribution is 2.11. The highest BCUT2D eigenvalue weighted by atomic mass is 16.2. The van der Waals surface area contributed by atoms with E-state index in [0.29, 0.717) is 10.9 Å². The number of hydrogen-bond donors (Lipinski definition) is 1. The lowest BCUT2D eigenvalue weighted by atomic mass is 10.2. The molecule has 0 unspecified atom stereocenters. The van der Waals surface area contributed by atoms with Crippen LogP contribution in [0.2, 0.25) is 0 Å². The molecule has 4 nitrogen and oxygen atoms in total. The Hall–Kier alpha value is -1.84. The lowest BCUT2D eigenvalue weighted by molar-refractivity contribution is 0.0926. The number of carbonyl (C=O) groups is 1. The standard InChI is InChI=1S/C10H10N2O2/c1-6-3-4-9-8(5-6)10(14)11-12(9)7(2)13/h3-5H,1-2H3,(H,11,14). The highest BCUT2D eigenvalue weighted by Gasteiger charge is 2.08. The molecule has 0 aliphatic rings. The SMILES string of the molecule is CC(=O)n1[nH]c(=O)c2cc(C)ccc21. The summed E-state index contributed by atoms with van der Waals surface area (Å²) in [4.78, 5) is 22.6. The number of nitrogens with one attached hydrogen (secondary N) is 1. The summed E-state index contributed by atoms with van der Waals surface area (Å²) in [6, 6.07) is 5.41. The third kappa shape index (κ3) is 1.16. The van der Waals surface area contributed by atoms with Crippen molar-refractivity contribution in [2.45, 2.75) is 13.8 Å². The zero-order valence-electron chi connectivity index (χ0n) is 8.00. The van der Waals surface area contributed by atoms with Crippen molar-refractivity contribution >= 4 is 16.8 Å². The lowest BCUT2D eigenvalue weighted by Crippen LogP contribution is -2.10. The summed E-state index contributed by atoms with van der Waals surface area (Å²) in [5, 5.41) is 3.05. The Morgan fingerprint density at radius 1 is 1.43 bits per heavy atom. The molecule has 4 heteroatoms. The molecule has 0 fully saturated rings. The quantitative estimate of drug-likeness (QED) is 0.680. The number of hydrogen-bond acceptors (Lipinski definition) is 2. The maximum atomic E-state index is 11.4. The normalized spacial score (nSPS) is 10.7. The fraction of sp³-hybridized carbons (Fsp3) is 0.200. The van der Waals surface area contributed by atoms with Gasteiger partial charge >= 0.3 is 0 Å². The average Bonchev–Trinajstić information content (AvgIpc) is 2.44. The Bertz CT molecular complexity index is 563. The van der Waals surface area contributed by atoms with Crippen molar-refractivity contribution in [2.24, 2.45) is 0 Å². The molecular weight excluding hydrogens is 180 g/mol. The molecule has 14 heavy (non-hydrogen) atoms. The van der Waals surface area contributed by atoms with E-state index in [1.807, 2.05) is 13.0 Å². The molecule has 2 rings (SSSR count). The van der Waals surface area contributed by atoms with Crippen molar-refractivity contribution in [1.29, 1.82) is 0 Å². The van der Waals surface area contributed by atoms with Crippen LogP contribution in [0.3, 0.4) is 0 Å². The number of benzene rings is 1. The predicted molar refractivity (Wildman–Crippen MR) is 53.6 cm³/mol. The van der Waals surface area contributed by atoms with Gasteiger partial charge in [-0.05, 0) is 19.1 Å². The van der Waals surface area contributed by atoms with Gasteiger partial charge in [0, 0.05) is 6.92 Å². The van der Waals surface area contributed by atoms with Gasteiger partial charge in [0.2, 0.25) is 5.91 Å². The number of fused-ring (bicyclic) bond motifs is 1. The van der Waals surface area contributed by atoms with Crippen LogP contribution < -0.4 is 5.56 Å². The first-order valence-electron chi connectivity index (χ1n) is 4.32. The molecule has 1 heterocycles. The summed E-state index contributed by atoms with van der Waals surface area (Å²) in [5.41, 5.74) is 1.41. The minimum Gasteiger partial charge on any atom is -0.273 e. The van der Waals surface area contributed by atoms with Crippen LogP contribution in [0, 0.1) is 6.92 Å². The molecular formula is C10H10N2O2. The Kier molecular flexibility index (Phi) is 1.77. The molecule has 0 aliphatic carbocycles. The summed E-state index contributed by atoms with van der Waals surface area (Å²) in [6.45, 7) is 3.32. The zero-order chi connectivity index (χ0) is 10.3. The maximum Gasteiger partial charge on any atom is 0.272 e. The predicted octanol–water partition coefficient (Wildman–Crippen LogP) is 1.30. The molecule has 72 valence electrons. The summed E-state index contributed by atoms with van der Waals surface area (Å²) in [7, 11) is 0. The van der Waals surface area contributed by atoms with Gasteiger partial charge in [0.1, 0.15) is 0 Å². The van der Waals surface area contributed by atoms with Crippen LogP contribution in [0.25, 0.3) is 10.9 Å². The van der Waals surface area contributed by atoms with Crippen molar-refractivity contribution in [3.8, 4) is 0 Å². The van der Waals surface area contributed by atoms with Gasteiger partial charge in [-0.1, -0.05) is 11.6 Å². The molecule has 0 atom stereocenters. The van der Waals surface area contributed by atoms with Crippen LogP contribution in [-0.2, 0) is 0 Å². The molecule has 0 radical (unpaired) electrons. The first-order chi connectivity index (χ1) is 6.59. The van der Waals surface area contributed by atoms with Crippen LogP contribution in [0.15, 0.2) is 23.0 Å². The van der Waals surface area contributed by atoms with Crippen LogP contribution in [0.5, 0.6) is 0 Å². The number of nitrogens with zero attached hydrogens (tertiary/aromatic N) is 1.